The van der Waals surface area contributed by atoms with E-state index in [9.17, 15) is 9.59 Å². The van der Waals surface area contributed by atoms with Crippen LogP contribution in [0.5, 0.6) is 0 Å². The lowest BCUT2D eigenvalue weighted by Crippen LogP contribution is -2.19. The SMILES string of the molecule is O=C1CCc2cc(C(=O)CSc3nnc(-c4ccncc4)n3C3CC3)ccc2N1. The number of pyridine rings is 1. The fraction of sp³-hybridized carbons (Fsp3) is 0.286. The van der Waals surface area contributed by atoms with Gasteiger partial charge in [0.1, 0.15) is 0 Å². The number of amides is 1. The third-order valence-electron chi connectivity index (χ3n) is 5.17. The average molecular weight is 405 g/mol. The molecule has 3 aromatic rings. The Morgan fingerprint density at radius 2 is 1.97 bits per heavy atom. The second kappa shape index (κ2) is 7.44. The normalized spacial score (nSPS) is 15.7. The molecule has 7 nitrogen and oxygen atoms in total. The van der Waals surface area contributed by atoms with Crippen molar-refractivity contribution in [2.45, 2.75) is 36.9 Å². The highest BCUT2D eigenvalue weighted by Crippen LogP contribution is 2.41. The zero-order valence-electron chi connectivity index (χ0n) is 15.7. The number of carbonyl (C=O) groups excluding carboxylic acids is 2. The van der Waals surface area contributed by atoms with Crippen molar-refractivity contribution in [1.29, 1.82) is 0 Å². The van der Waals surface area contributed by atoms with Gasteiger partial charge < -0.3 is 5.32 Å². The molecule has 0 atom stereocenters. The Labute approximate surface area is 171 Å². The van der Waals surface area contributed by atoms with Crippen molar-refractivity contribution in [2.24, 2.45) is 0 Å². The van der Waals surface area contributed by atoms with Crippen LogP contribution in [-0.2, 0) is 11.2 Å². The van der Waals surface area contributed by atoms with E-state index in [0.717, 1.165) is 40.6 Å². The molecule has 0 bridgehead atoms. The van der Waals surface area contributed by atoms with Crippen molar-refractivity contribution in [3.8, 4) is 11.4 Å². The molecule has 1 saturated carbocycles. The van der Waals surface area contributed by atoms with Crippen LogP contribution in [0.15, 0.2) is 47.9 Å². The maximum atomic E-state index is 12.8. The van der Waals surface area contributed by atoms with E-state index >= 15 is 0 Å². The van der Waals surface area contributed by atoms with E-state index in [1.807, 2.05) is 24.3 Å². The summed E-state index contributed by atoms with van der Waals surface area (Å²) in [5.41, 5.74) is 3.47. The molecule has 1 aliphatic carbocycles. The molecule has 8 heteroatoms. The summed E-state index contributed by atoms with van der Waals surface area (Å²) < 4.78 is 2.15. The summed E-state index contributed by atoms with van der Waals surface area (Å²) in [5.74, 6) is 1.20. The van der Waals surface area contributed by atoms with Gasteiger partial charge >= 0.3 is 0 Å². The van der Waals surface area contributed by atoms with E-state index in [0.29, 0.717) is 30.2 Å². The van der Waals surface area contributed by atoms with E-state index < -0.39 is 0 Å². The van der Waals surface area contributed by atoms with E-state index in [1.54, 1.807) is 18.5 Å². The van der Waals surface area contributed by atoms with Crippen LogP contribution in [0.2, 0.25) is 0 Å². The minimum absolute atomic E-state index is 0.0246. The molecule has 0 spiro atoms. The van der Waals surface area contributed by atoms with Crippen molar-refractivity contribution in [3.63, 3.8) is 0 Å². The number of nitrogens with zero attached hydrogens (tertiary/aromatic N) is 4. The largest absolute Gasteiger partial charge is 0.326 e. The Kier molecular flexibility index (Phi) is 4.63. The quantitative estimate of drug-likeness (QED) is 0.498. The number of hydrogen-bond donors (Lipinski definition) is 1. The Morgan fingerprint density at radius 3 is 2.76 bits per heavy atom. The van der Waals surface area contributed by atoms with Gasteiger partial charge in [-0.1, -0.05) is 11.8 Å². The molecule has 0 unspecified atom stereocenters. The maximum Gasteiger partial charge on any atom is 0.224 e. The topological polar surface area (TPSA) is 89.8 Å². The van der Waals surface area contributed by atoms with E-state index in [1.165, 1.54) is 11.8 Å². The average Bonchev–Trinajstić information content (AvgIpc) is 3.51. The molecule has 1 aliphatic heterocycles. The summed E-state index contributed by atoms with van der Waals surface area (Å²) in [6.07, 6.45) is 6.83. The Balaban J connectivity index is 1.34. The molecule has 1 aromatic carbocycles. The molecule has 29 heavy (non-hydrogen) atoms. The summed E-state index contributed by atoms with van der Waals surface area (Å²) in [6, 6.07) is 9.74. The van der Waals surface area contributed by atoms with Crippen LogP contribution < -0.4 is 5.32 Å². The van der Waals surface area contributed by atoms with Gasteiger partial charge in [0.2, 0.25) is 5.91 Å². The van der Waals surface area contributed by atoms with Crippen molar-refractivity contribution in [3.05, 3.63) is 53.9 Å². The fourth-order valence-electron chi connectivity index (χ4n) is 3.51. The number of carbonyl (C=O) groups is 2. The number of nitrogens with one attached hydrogen (secondary N) is 1. The second-order valence-corrected chi connectivity index (χ2v) is 8.22. The van der Waals surface area contributed by atoms with Gasteiger partial charge in [0.05, 0.1) is 5.75 Å². The molecule has 2 aliphatic rings. The van der Waals surface area contributed by atoms with Crippen LogP contribution in [0.1, 0.15) is 41.2 Å². The first-order valence-corrected chi connectivity index (χ1v) is 10.6. The zero-order valence-corrected chi connectivity index (χ0v) is 16.5. The lowest BCUT2D eigenvalue weighted by Gasteiger charge is -2.17. The number of fused-ring (bicyclic) bond motifs is 1. The molecule has 146 valence electrons. The van der Waals surface area contributed by atoms with Crippen molar-refractivity contribution in [1.82, 2.24) is 19.7 Å². The number of hydrogen-bond acceptors (Lipinski definition) is 6. The molecule has 1 N–H and O–H groups in total. The number of aryl methyl sites for hydroxylation is 1. The Hall–Kier alpha value is -3.00. The first-order valence-electron chi connectivity index (χ1n) is 9.63. The zero-order chi connectivity index (χ0) is 19.8. The van der Waals surface area contributed by atoms with Gasteiger partial charge in [0.15, 0.2) is 16.8 Å². The van der Waals surface area contributed by atoms with Crippen molar-refractivity contribution in [2.75, 3.05) is 11.1 Å². The monoisotopic (exact) mass is 405 g/mol. The van der Waals surface area contributed by atoms with Gasteiger partial charge in [-0.05, 0) is 55.2 Å². The minimum atomic E-state index is 0.0246. The number of Topliss-reactive ketones (excluding diaryl/α,β-unsaturated/α-hetero) is 1. The van der Waals surface area contributed by atoms with Gasteiger partial charge in [-0.25, -0.2) is 0 Å². The molecule has 0 radical (unpaired) electrons. The van der Waals surface area contributed by atoms with E-state index in [-0.39, 0.29) is 11.7 Å². The molecule has 3 heterocycles. The first kappa shape index (κ1) is 18.1. The number of ketones is 1. The molecular weight excluding hydrogens is 386 g/mol. The van der Waals surface area contributed by atoms with Crippen molar-refractivity contribution < 1.29 is 9.59 Å². The highest BCUT2D eigenvalue weighted by atomic mass is 32.2. The van der Waals surface area contributed by atoms with E-state index in [4.69, 9.17) is 0 Å². The molecule has 5 rings (SSSR count). The Bertz CT molecular complexity index is 1090. The highest BCUT2D eigenvalue weighted by molar-refractivity contribution is 7.99. The second-order valence-electron chi connectivity index (χ2n) is 7.28. The van der Waals surface area contributed by atoms with Crippen LogP contribution in [0.3, 0.4) is 0 Å². The van der Waals surface area contributed by atoms with Crippen molar-refractivity contribution >= 4 is 29.1 Å². The molecule has 1 amide bonds. The van der Waals surface area contributed by atoms with Crippen LogP contribution >= 0.6 is 11.8 Å². The first-order chi connectivity index (χ1) is 14.2. The minimum Gasteiger partial charge on any atom is -0.326 e. The predicted octanol–water partition coefficient (Wildman–Crippen LogP) is 3.53. The third-order valence-corrected chi connectivity index (χ3v) is 6.11. The smallest absolute Gasteiger partial charge is 0.224 e. The number of aromatic nitrogens is 4. The van der Waals surface area contributed by atoms with Crippen LogP contribution in [0.4, 0.5) is 5.69 Å². The summed E-state index contributed by atoms with van der Waals surface area (Å²) in [5, 5.41) is 12.4. The number of anilines is 1. The summed E-state index contributed by atoms with van der Waals surface area (Å²) in [4.78, 5) is 28.3. The van der Waals surface area contributed by atoms with Crippen LogP contribution in [0.25, 0.3) is 11.4 Å². The summed E-state index contributed by atoms with van der Waals surface area (Å²) in [7, 11) is 0. The van der Waals surface area contributed by atoms with Gasteiger partial charge in [-0.15, -0.1) is 10.2 Å². The van der Waals surface area contributed by atoms with Gasteiger partial charge in [0.25, 0.3) is 0 Å². The fourth-order valence-corrected chi connectivity index (χ4v) is 4.41. The number of benzene rings is 1. The predicted molar refractivity (Wildman–Crippen MR) is 110 cm³/mol. The van der Waals surface area contributed by atoms with Crippen LogP contribution in [0, 0.1) is 0 Å². The number of rotatable bonds is 6. The summed E-state index contributed by atoms with van der Waals surface area (Å²) >= 11 is 1.43. The standard InChI is InChI=1S/C21H19N5O2S/c27-18(15-1-5-17-14(11-15)2-6-19(28)23-17)12-29-21-25-24-20(26(21)16-3-4-16)13-7-9-22-10-8-13/h1,5,7-11,16H,2-4,6,12H2,(H,23,28). The van der Waals surface area contributed by atoms with E-state index in [2.05, 4.69) is 25.1 Å². The molecular formula is C21H19N5O2S. The lowest BCUT2D eigenvalue weighted by molar-refractivity contribution is -0.116. The maximum absolute atomic E-state index is 12.8. The summed E-state index contributed by atoms with van der Waals surface area (Å²) in [6.45, 7) is 0. The van der Waals surface area contributed by atoms with Gasteiger partial charge in [-0.2, -0.15) is 0 Å². The number of thioether (sulfide) groups is 1. The van der Waals surface area contributed by atoms with Gasteiger partial charge in [-0.3, -0.25) is 19.1 Å². The molecule has 0 saturated heterocycles. The lowest BCUT2D eigenvalue weighted by atomic mass is 9.99. The highest BCUT2D eigenvalue weighted by Gasteiger charge is 2.30. The third kappa shape index (κ3) is 3.67. The van der Waals surface area contributed by atoms with Crippen LogP contribution in [-0.4, -0.2) is 37.2 Å². The molecule has 1 fully saturated rings. The molecule has 2 aromatic heterocycles. The Morgan fingerprint density at radius 1 is 1.14 bits per heavy atom. The van der Waals surface area contributed by atoms with Gasteiger partial charge in [0, 0.05) is 41.7 Å².